The van der Waals surface area contributed by atoms with Crippen molar-refractivity contribution in [2.75, 3.05) is 6.61 Å². The lowest BCUT2D eigenvalue weighted by atomic mass is 10.0. The van der Waals surface area contributed by atoms with Crippen LogP contribution in [0.5, 0.6) is 0 Å². The third kappa shape index (κ3) is 3.52. The molecular formula is C13H22N2OS. The zero-order chi connectivity index (χ0) is 12.1. The Kier molecular flexibility index (Phi) is 4.98. The lowest BCUT2D eigenvalue weighted by molar-refractivity contribution is 0.00859. The third-order valence-corrected chi connectivity index (χ3v) is 4.60. The highest BCUT2D eigenvalue weighted by Crippen LogP contribution is 2.28. The second kappa shape index (κ2) is 6.50. The van der Waals surface area contributed by atoms with Gasteiger partial charge in [-0.05, 0) is 56.0 Å². The summed E-state index contributed by atoms with van der Waals surface area (Å²) >= 11 is 1.79. The lowest BCUT2D eigenvalue weighted by Crippen LogP contribution is -2.29. The van der Waals surface area contributed by atoms with Gasteiger partial charge in [-0.1, -0.05) is 0 Å². The van der Waals surface area contributed by atoms with Crippen molar-refractivity contribution < 1.29 is 4.74 Å². The first-order valence-electron chi connectivity index (χ1n) is 6.43. The van der Waals surface area contributed by atoms with Crippen LogP contribution in [0.3, 0.4) is 0 Å². The molecule has 0 radical (unpaired) electrons. The van der Waals surface area contributed by atoms with Crippen LogP contribution in [0.1, 0.15) is 48.6 Å². The highest BCUT2D eigenvalue weighted by Gasteiger charge is 2.18. The van der Waals surface area contributed by atoms with Gasteiger partial charge in [-0.3, -0.25) is 11.3 Å². The van der Waals surface area contributed by atoms with Gasteiger partial charge in [-0.15, -0.1) is 11.3 Å². The number of nitrogens with one attached hydrogen (secondary N) is 1. The molecule has 2 rings (SSSR count). The summed E-state index contributed by atoms with van der Waals surface area (Å²) in [7, 11) is 0. The number of hydrazine groups is 1. The van der Waals surface area contributed by atoms with Crippen molar-refractivity contribution in [3.8, 4) is 0 Å². The maximum Gasteiger partial charge on any atom is 0.0575 e. The molecule has 3 N–H and O–H groups in total. The van der Waals surface area contributed by atoms with Crippen molar-refractivity contribution in [3.63, 3.8) is 0 Å². The number of nitrogens with two attached hydrogens (primary N) is 1. The van der Waals surface area contributed by atoms with E-state index in [-0.39, 0.29) is 6.04 Å². The Hall–Kier alpha value is -0.420. The molecular weight excluding hydrogens is 232 g/mol. The van der Waals surface area contributed by atoms with Crippen LogP contribution in [0.25, 0.3) is 0 Å². The van der Waals surface area contributed by atoms with Gasteiger partial charge in [0.2, 0.25) is 0 Å². The van der Waals surface area contributed by atoms with Crippen molar-refractivity contribution in [3.05, 3.63) is 21.9 Å². The molecule has 1 fully saturated rings. The van der Waals surface area contributed by atoms with Crippen molar-refractivity contribution in [1.82, 2.24) is 5.43 Å². The molecule has 0 aliphatic carbocycles. The van der Waals surface area contributed by atoms with E-state index in [1.807, 2.05) is 0 Å². The number of rotatable bonds is 5. The highest BCUT2D eigenvalue weighted by molar-refractivity contribution is 7.10. The van der Waals surface area contributed by atoms with E-state index in [4.69, 9.17) is 10.6 Å². The van der Waals surface area contributed by atoms with Crippen molar-refractivity contribution >= 4 is 11.3 Å². The van der Waals surface area contributed by atoms with E-state index in [0.29, 0.717) is 6.10 Å². The van der Waals surface area contributed by atoms with Gasteiger partial charge in [-0.25, -0.2) is 0 Å². The lowest BCUT2D eigenvalue weighted by Gasteiger charge is -2.24. The summed E-state index contributed by atoms with van der Waals surface area (Å²) in [5.41, 5.74) is 4.28. The molecule has 2 unspecified atom stereocenters. The van der Waals surface area contributed by atoms with Crippen LogP contribution in [0.15, 0.2) is 11.4 Å². The maximum atomic E-state index is 5.76. The molecule has 0 amide bonds. The summed E-state index contributed by atoms with van der Waals surface area (Å²) < 4.78 is 5.76. The molecule has 1 aliphatic rings. The molecule has 3 nitrogen and oxygen atoms in total. The van der Waals surface area contributed by atoms with Gasteiger partial charge in [0.25, 0.3) is 0 Å². The quantitative estimate of drug-likeness (QED) is 0.627. The predicted molar refractivity (Wildman–Crippen MR) is 71.9 cm³/mol. The molecule has 17 heavy (non-hydrogen) atoms. The Morgan fingerprint density at radius 1 is 1.59 bits per heavy atom. The molecule has 1 aromatic rings. The molecule has 1 saturated heterocycles. The molecule has 1 aliphatic heterocycles. The molecule has 0 bridgehead atoms. The Balaban J connectivity index is 1.85. The first-order chi connectivity index (χ1) is 8.31. The monoisotopic (exact) mass is 254 g/mol. The van der Waals surface area contributed by atoms with Gasteiger partial charge in [0, 0.05) is 11.5 Å². The number of ether oxygens (including phenoxy) is 1. The summed E-state index contributed by atoms with van der Waals surface area (Å²) in [6, 6.07) is 2.43. The SMILES string of the molecule is Cc1ccsc1C(CCC1CCCCO1)NN. The average Bonchev–Trinajstić information content (AvgIpc) is 2.78. The fourth-order valence-corrected chi connectivity index (χ4v) is 3.44. The Morgan fingerprint density at radius 3 is 3.06 bits per heavy atom. The van der Waals surface area contributed by atoms with Crippen molar-refractivity contribution in [1.29, 1.82) is 0 Å². The first-order valence-corrected chi connectivity index (χ1v) is 7.31. The largest absolute Gasteiger partial charge is 0.378 e. The van der Waals surface area contributed by atoms with Gasteiger partial charge in [0.15, 0.2) is 0 Å². The van der Waals surface area contributed by atoms with Crippen LogP contribution in [0, 0.1) is 6.92 Å². The Labute approximate surface area is 107 Å². The summed E-state index contributed by atoms with van der Waals surface area (Å²) in [4.78, 5) is 1.36. The van der Waals surface area contributed by atoms with E-state index < -0.39 is 0 Å². The van der Waals surface area contributed by atoms with E-state index in [0.717, 1.165) is 19.4 Å². The van der Waals surface area contributed by atoms with E-state index >= 15 is 0 Å². The van der Waals surface area contributed by atoms with Crippen LogP contribution in [0.4, 0.5) is 0 Å². The van der Waals surface area contributed by atoms with E-state index in [1.54, 1.807) is 11.3 Å². The molecule has 2 heterocycles. The molecule has 4 heteroatoms. The zero-order valence-corrected chi connectivity index (χ0v) is 11.3. The topological polar surface area (TPSA) is 47.3 Å². The zero-order valence-electron chi connectivity index (χ0n) is 10.4. The van der Waals surface area contributed by atoms with Gasteiger partial charge in [0.05, 0.1) is 12.1 Å². The summed E-state index contributed by atoms with van der Waals surface area (Å²) in [6.45, 7) is 3.08. The molecule has 0 saturated carbocycles. The van der Waals surface area contributed by atoms with Gasteiger partial charge in [-0.2, -0.15) is 0 Å². The first kappa shape index (κ1) is 13.0. The van der Waals surface area contributed by atoms with Crippen molar-refractivity contribution in [2.45, 2.75) is 51.2 Å². The molecule has 1 aromatic heterocycles. The third-order valence-electron chi connectivity index (χ3n) is 3.47. The Morgan fingerprint density at radius 2 is 2.47 bits per heavy atom. The molecule has 0 aromatic carbocycles. The smallest absolute Gasteiger partial charge is 0.0575 e. The summed E-state index contributed by atoms with van der Waals surface area (Å²) in [5, 5.41) is 2.13. The second-order valence-corrected chi connectivity index (χ2v) is 5.70. The van der Waals surface area contributed by atoms with E-state index in [1.165, 1.54) is 29.7 Å². The van der Waals surface area contributed by atoms with Gasteiger partial charge >= 0.3 is 0 Å². The predicted octanol–water partition coefficient (Wildman–Crippen LogP) is 2.91. The summed E-state index contributed by atoms with van der Waals surface area (Å²) in [5.74, 6) is 5.66. The van der Waals surface area contributed by atoms with Gasteiger partial charge in [0.1, 0.15) is 0 Å². The van der Waals surface area contributed by atoms with Crippen LogP contribution in [0.2, 0.25) is 0 Å². The van der Waals surface area contributed by atoms with E-state index in [9.17, 15) is 0 Å². The number of aryl methyl sites for hydroxylation is 1. The highest BCUT2D eigenvalue weighted by atomic mass is 32.1. The fourth-order valence-electron chi connectivity index (χ4n) is 2.42. The van der Waals surface area contributed by atoms with Crippen LogP contribution >= 0.6 is 11.3 Å². The van der Waals surface area contributed by atoms with Crippen molar-refractivity contribution in [2.24, 2.45) is 5.84 Å². The standard InChI is InChI=1S/C13H22N2OS/c1-10-7-9-17-13(10)12(15-14)6-5-11-4-2-3-8-16-11/h7,9,11-12,15H,2-6,8,14H2,1H3. The number of hydrogen-bond donors (Lipinski definition) is 2. The average molecular weight is 254 g/mol. The van der Waals surface area contributed by atoms with Gasteiger partial charge < -0.3 is 4.74 Å². The number of hydrogen-bond acceptors (Lipinski definition) is 4. The normalized spacial score (nSPS) is 22.6. The summed E-state index contributed by atoms with van der Waals surface area (Å²) in [6.07, 6.45) is 6.35. The van der Waals surface area contributed by atoms with Crippen LogP contribution < -0.4 is 11.3 Å². The number of thiophene rings is 1. The minimum absolute atomic E-state index is 0.278. The molecule has 96 valence electrons. The second-order valence-electron chi connectivity index (χ2n) is 4.75. The fraction of sp³-hybridized carbons (Fsp3) is 0.692. The Bertz CT molecular complexity index is 334. The van der Waals surface area contributed by atoms with E-state index in [2.05, 4.69) is 23.8 Å². The minimum Gasteiger partial charge on any atom is -0.378 e. The minimum atomic E-state index is 0.278. The van der Waals surface area contributed by atoms with Crippen LogP contribution in [-0.2, 0) is 4.74 Å². The maximum absolute atomic E-state index is 5.76. The molecule has 2 atom stereocenters. The molecule has 0 spiro atoms. The van der Waals surface area contributed by atoms with Crippen LogP contribution in [-0.4, -0.2) is 12.7 Å².